The highest BCUT2D eigenvalue weighted by Crippen LogP contribution is 2.16. The third-order valence-corrected chi connectivity index (χ3v) is 3.26. The lowest BCUT2D eigenvalue weighted by molar-refractivity contribution is 1.41. The lowest BCUT2D eigenvalue weighted by Gasteiger charge is -1.91. The van der Waals surface area contributed by atoms with E-state index < -0.39 is 0 Å². The maximum atomic E-state index is 5.76. The summed E-state index contributed by atoms with van der Waals surface area (Å²) in [7, 11) is 0. The Morgan fingerprint density at radius 3 is 2.60 bits per heavy atom. The highest BCUT2D eigenvalue weighted by Gasteiger charge is 1.92. The number of hydrogen-bond donors (Lipinski definition) is 1. The van der Waals surface area contributed by atoms with Crippen LogP contribution in [0.5, 0.6) is 0 Å². The highest BCUT2D eigenvalue weighted by atomic mass is 35.5. The van der Waals surface area contributed by atoms with Crippen molar-refractivity contribution in [3.05, 3.63) is 78.1 Å². The van der Waals surface area contributed by atoms with Crippen molar-refractivity contribution in [3.63, 3.8) is 0 Å². The Hall–Kier alpha value is -2.32. The average molecular weight is 281 g/mol. The van der Waals surface area contributed by atoms with Gasteiger partial charge in [-0.2, -0.15) is 0 Å². The number of pyridine rings is 1. The molecule has 3 heteroatoms. The average Bonchev–Trinajstić information content (AvgIpc) is 2.95. The van der Waals surface area contributed by atoms with Crippen molar-refractivity contribution >= 4 is 33.4 Å². The first-order valence-electron chi connectivity index (χ1n) is 6.35. The van der Waals surface area contributed by atoms with Crippen molar-refractivity contribution in [1.29, 1.82) is 0 Å². The number of halogens is 1. The molecular weight excluding hydrogens is 268 g/mol. The molecule has 2 aromatic heterocycles. The fraction of sp³-hybridized carbons (Fsp3) is 0. The molecule has 20 heavy (non-hydrogen) atoms. The van der Waals surface area contributed by atoms with E-state index in [0.717, 1.165) is 16.1 Å². The Bertz CT molecular complexity index is 771. The van der Waals surface area contributed by atoms with Crippen molar-refractivity contribution in [2.24, 2.45) is 0 Å². The molecule has 2 nitrogen and oxygen atoms in total. The number of nitrogens with one attached hydrogen (secondary N) is 1. The predicted octanol–water partition coefficient (Wildman–Crippen LogP) is 5.06. The van der Waals surface area contributed by atoms with Crippen molar-refractivity contribution < 1.29 is 0 Å². The van der Waals surface area contributed by atoms with Gasteiger partial charge >= 0.3 is 0 Å². The highest BCUT2D eigenvalue weighted by molar-refractivity contribution is 6.31. The van der Waals surface area contributed by atoms with Gasteiger partial charge in [-0.15, -0.1) is 0 Å². The van der Waals surface area contributed by atoms with Crippen LogP contribution in [0.25, 0.3) is 21.8 Å². The molecule has 4 aromatic rings. The number of H-pyrrole nitrogens is 1. The Morgan fingerprint density at radius 2 is 1.70 bits per heavy atom. The minimum atomic E-state index is 0.773. The number of benzene rings is 2. The van der Waals surface area contributed by atoms with Crippen LogP contribution in [0.1, 0.15) is 0 Å². The second-order valence-electron chi connectivity index (χ2n) is 4.41. The summed E-state index contributed by atoms with van der Waals surface area (Å²) in [5.41, 5.74) is 2.15. The number of aromatic nitrogens is 2. The van der Waals surface area contributed by atoms with Gasteiger partial charge in [0.15, 0.2) is 0 Å². The molecule has 2 heterocycles. The molecule has 0 aliphatic heterocycles. The lowest BCUT2D eigenvalue weighted by atomic mass is 10.2. The molecule has 0 aliphatic rings. The summed E-state index contributed by atoms with van der Waals surface area (Å²) in [6, 6.07) is 19.9. The maximum Gasteiger partial charge on any atom is 0.0701 e. The van der Waals surface area contributed by atoms with Crippen LogP contribution in [0, 0.1) is 0 Å². The maximum absolute atomic E-state index is 5.76. The first-order valence-corrected chi connectivity index (χ1v) is 6.73. The van der Waals surface area contributed by atoms with Gasteiger partial charge in [-0.1, -0.05) is 41.9 Å². The van der Waals surface area contributed by atoms with E-state index in [9.17, 15) is 0 Å². The minimum absolute atomic E-state index is 0.773. The number of nitrogens with zero attached hydrogens (tertiary/aromatic N) is 1. The third-order valence-electron chi connectivity index (χ3n) is 3.03. The summed E-state index contributed by atoms with van der Waals surface area (Å²) in [5, 5.41) is 3.17. The smallest absolute Gasteiger partial charge is 0.0701 e. The molecule has 0 unspecified atom stereocenters. The van der Waals surface area contributed by atoms with Crippen molar-refractivity contribution in [2.45, 2.75) is 0 Å². The van der Waals surface area contributed by atoms with E-state index >= 15 is 0 Å². The van der Waals surface area contributed by atoms with Crippen molar-refractivity contribution in [3.8, 4) is 0 Å². The summed E-state index contributed by atoms with van der Waals surface area (Å²) < 4.78 is 0. The molecule has 0 spiro atoms. The summed E-state index contributed by atoms with van der Waals surface area (Å²) >= 11 is 5.76. The molecule has 98 valence electrons. The largest absolute Gasteiger partial charge is 0.361 e. The van der Waals surface area contributed by atoms with Crippen molar-refractivity contribution in [2.75, 3.05) is 0 Å². The zero-order valence-electron chi connectivity index (χ0n) is 10.8. The van der Waals surface area contributed by atoms with Gasteiger partial charge < -0.3 is 4.98 Å². The molecule has 0 saturated carbocycles. The van der Waals surface area contributed by atoms with Crippen LogP contribution in [-0.4, -0.2) is 9.97 Å². The van der Waals surface area contributed by atoms with Gasteiger partial charge in [-0.3, -0.25) is 4.98 Å². The SMILES string of the molecule is Clc1ccc2cc[nH]c2c1.c1ccc2ncccc2c1. The van der Waals surface area contributed by atoms with Crippen LogP contribution in [0.15, 0.2) is 73.1 Å². The zero-order chi connectivity index (χ0) is 13.8. The minimum Gasteiger partial charge on any atom is -0.361 e. The number of aromatic amines is 1. The molecule has 0 bridgehead atoms. The fourth-order valence-electron chi connectivity index (χ4n) is 2.04. The zero-order valence-corrected chi connectivity index (χ0v) is 11.5. The lowest BCUT2D eigenvalue weighted by Crippen LogP contribution is -1.73. The predicted molar refractivity (Wildman–Crippen MR) is 85.1 cm³/mol. The van der Waals surface area contributed by atoms with Gasteiger partial charge in [0, 0.05) is 28.3 Å². The number of para-hydroxylation sites is 1. The Morgan fingerprint density at radius 1 is 0.850 bits per heavy atom. The number of fused-ring (bicyclic) bond motifs is 2. The van der Waals surface area contributed by atoms with E-state index in [1.54, 1.807) is 0 Å². The van der Waals surface area contributed by atoms with Crippen molar-refractivity contribution in [1.82, 2.24) is 9.97 Å². The van der Waals surface area contributed by atoms with Crippen LogP contribution in [0.3, 0.4) is 0 Å². The summed E-state index contributed by atoms with van der Waals surface area (Å²) in [6.45, 7) is 0. The standard InChI is InChI=1S/C9H7N.C8H6ClN/c1-2-6-9-8(4-1)5-3-7-10-9;9-7-2-1-6-3-4-10-8(6)5-7/h1-7H;1-5,10H. The summed E-state index contributed by atoms with van der Waals surface area (Å²) in [5.74, 6) is 0. The van der Waals surface area contributed by atoms with Gasteiger partial charge in [0.25, 0.3) is 0 Å². The van der Waals surface area contributed by atoms with Gasteiger partial charge in [0.05, 0.1) is 5.52 Å². The van der Waals surface area contributed by atoms with Crippen LogP contribution >= 0.6 is 11.6 Å². The van der Waals surface area contributed by atoms with E-state index in [4.69, 9.17) is 11.6 Å². The third kappa shape index (κ3) is 2.81. The molecule has 0 radical (unpaired) electrons. The van der Waals surface area contributed by atoms with E-state index in [-0.39, 0.29) is 0 Å². The molecule has 4 rings (SSSR count). The Labute approximate surface area is 122 Å². The van der Waals surface area contributed by atoms with Gasteiger partial charge in [-0.25, -0.2) is 0 Å². The van der Waals surface area contributed by atoms with E-state index in [1.807, 2.05) is 60.9 Å². The van der Waals surface area contributed by atoms with Gasteiger partial charge in [-0.05, 0) is 35.7 Å². The van der Waals surface area contributed by atoms with Crippen LogP contribution in [-0.2, 0) is 0 Å². The first kappa shape index (κ1) is 12.7. The quantitative estimate of drug-likeness (QED) is 0.479. The molecular formula is C17H13ClN2. The summed E-state index contributed by atoms with van der Waals surface area (Å²) in [4.78, 5) is 7.26. The van der Waals surface area contributed by atoms with E-state index in [1.165, 1.54) is 10.8 Å². The molecule has 0 saturated heterocycles. The molecule has 0 aliphatic carbocycles. The number of rotatable bonds is 0. The molecule has 0 amide bonds. The Balaban J connectivity index is 0.000000121. The number of hydrogen-bond acceptors (Lipinski definition) is 1. The van der Waals surface area contributed by atoms with Crippen LogP contribution in [0.2, 0.25) is 5.02 Å². The van der Waals surface area contributed by atoms with Crippen LogP contribution < -0.4 is 0 Å². The molecule has 2 aromatic carbocycles. The van der Waals surface area contributed by atoms with Gasteiger partial charge in [0.1, 0.15) is 0 Å². The fourth-order valence-corrected chi connectivity index (χ4v) is 2.21. The van der Waals surface area contributed by atoms with Gasteiger partial charge in [0.2, 0.25) is 0 Å². The van der Waals surface area contributed by atoms with Crippen LogP contribution in [0.4, 0.5) is 0 Å². The summed E-state index contributed by atoms with van der Waals surface area (Å²) in [6.07, 6.45) is 3.71. The molecule has 1 N–H and O–H groups in total. The first-order chi connectivity index (χ1) is 9.83. The second-order valence-corrected chi connectivity index (χ2v) is 4.84. The van der Waals surface area contributed by atoms with E-state index in [0.29, 0.717) is 0 Å². The Kier molecular flexibility index (Phi) is 3.66. The van der Waals surface area contributed by atoms with E-state index in [2.05, 4.69) is 22.1 Å². The molecule has 0 atom stereocenters. The topological polar surface area (TPSA) is 28.7 Å². The molecule has 0 fully saturated rings. The normalized spacial score (nSPS) is 10.2. The second kappa shape index (κ2) is 5.76. The monoisotopic (exact) mass is 280 g/mol.